The number of hydrogen-bond donors (Lipinski definition) is 0. The summed E-state index contributed by atoms with van der Waals surface area (Å²) in [5.41, 5.74) is 2.88. The maximum absolute atomic E-state index is 4.59. The number of fused-ring (bicyclic) bond motifs is 1. The molecule has 1 fully saturated rings. The van der Waals surface area contributed by atoms with Gasteiger partial charge in [0.1, 0.15) is 17.0 Å². The highest BCUT2D eigenvalue weighted by molar-refractivity contribution is 7.16. The lowest BCUT2D eigenvalue weighted by Gasteiger charge is -2.34. The normalized spacial score (nSPS) is 18.2. The standard InChI is InChI=1S/C20H23N3S/c1-2-15-5-7-16(8-6-15)12-17-4-3-10-23(13-17)19-18-9-11-24-20(18)22-14-21-19/h5-9,11,14,17H,2-4,10,12-13H2,1H3. The number of benzene rings is 1. The zero-order valence-electron chi connectivity index (χ0n) is 14.1. The second-order valence-corrected chi connectivity index (χ2v) is 7.56. The van der Waals surface area contributed by atoms with Crippen LogP contribution in [-0.2, 0) is 12.8 Å². The van der Waals surface area contributed by atoms with Crippen LogP contribution in [0.5, 0.6) is 0 Å². The van der Waals surface area contributed by atoms with E-state index in [4.69, 9.17) is 0 Å². The molecule has 0 radical (unpaired) electrons. The van der Waals surface area contributed by atoms with Crippen LogP contribution in [0.15, 0.2) is 42.0 Å². The Morgan fingerprint density at radius 1 is 1.12 bits per heavy atom. The van der Waals surface area contributed by atoms with E-state index in [1.165, 1.54) is 35.8 Å². The lowest BCUT2D eigenvalue weighted by molar-refractivity contribution is 0.412. The summed E-state index contributed by atoms with van der Waals surface area (Å²) < 4.78 is 0. The summed E-state index contributed by atoms with van der Waals surface area (Å²) in [5.74, 6) is 1.82. The Morgan fingerprint density at radius 2 is 1.96 bits per heavy atom. The fraction of sp³-hybridized carbons (Fsp3) is 0.400. The van der Waals surface area contributed by atoms with Gasteiger partial charge in [-0.15, -0.1) is 11.3 Å². The van der Waals surface area contributed by atoms with E-state index in [1.807, 2.05) is 0 Å². The lowest BCUT2D eigenvalue weighted by Crippen LogP contribution is -2.36. The molecule has 1 unspecified atom stereocenters. The first-order valence-corrected chi connectivity index (χ1v) is 9.72. The van der Waals surface area contributed by atoms with Crippen molar-refractivity contribution in [2.45, 2.75) is 32.6 Å². The quantitative estimate of drug-likeness (QED) is 0.690. The van der Waals surface area contributed by atoms with Crippen LogP contribution in [0.2, 0.25) is 0 Å². The molecule has 1 aromatic carbocycles. The molecule has 0 saturated carbocycles. The first-order chi connectivity index (χ1) is 11.8. The summed E-state index contributed by atoms with van der Waals surface area (Å²) in [7, 11) is 0. The van der Waals surface area contributed by atoms with Gasteiger partial charge < -0.3 is 4.90 Å². The van der Waals surface area contributed by atoms with Crippen LogP contribution in [0.3, 0.4) is 0 Å². The third-order valence-electron chi connectivity index (χ3n) is 5.01. The molecule has 3 heterocycles. The Bertz CT molecular complexity index is 809. The van der Waals surface area contributed by atoms with E-state index in [9.17, 15) is 0 Å². The van der Waals surface area contributed by atoms with Crippen molar-refractivity contribution in [1.82, 2.24) is 9.97 Å². The maximum atomic E-state index is 4.59. The van der Waals surface area contributed by atoms with Crippen molar-refractivity contribution < 1.29 is 0 Å². The number of hydrogen-bond acceptors (Lipinski definition) is 4. The Balaban J connectivity index is 1.50. The molecule has 24 heavy (non-hydrogen) atoms. The van der Waals surface area contributed by atoms with Gasteiger partial charge in [0.15, 0.2) is 0 Å². The summed E-state index contributed by atoms with van der Waals surface area (Å²) in [4.78, 5) is 12.5. The summed E-state index contributed by atoms with van der Waals surface area (Å²) in [6.45, 7) is 4.41. The highest BCUT2D eigenvalue weighted by atomic mass is 32.1. The van der Waals surface area contributed by atoms with Gasteiger partial charge in [0.2, 0.25) is 0 Å². The molecule has 1 aliphatic heterocycles. The molecule has 124 valence electrons. The van der Waals surface area contributed by atoms with Crippen molar-refractivity contribution in [3.8, 4) is 0 Å². The Labute approximate surface area is 147 Å². The van der Waals surface area contributed by atoms with E-state index in [1.54, 1.807) is 17.7 Å². The number of anilines is 1. The largest absolute Gasteiger partial charge is 0.356 e. The molecule has 1 saturated heterocycles. The molecule has 1 atom stereocenters. The minimum absolute atomic E-state index is 0.704. The third kappa shape index (κ3) is 3.16. The Morgan fingerprint density at radius 3 is 2.79 bits per heavy atom. The molecular weight excluding hydrogens is 314 g/mol. The van der Waals surface area contributed by atoms with Gasteiger partial charge in [-0.1, -0.05) is 31.2 Å². The number of piperidine rings is 1. The van der Waals surface area contributed by atoms with E-state index in [0.717, 1.165) is 30.2 Å². The van der Waals surface area contributed by atoms with E-state index >= 15 is 0 Å². The smallest absolute Gasteiger partial charge is 0.140 e. The summed E-state index contributed by atoms with van der Waals surface area (Å²) in [5, 5.41) is 3.31. The summed E-state index contributed by atoms with van der Waals surface area (Å²) >= 11 is 1.69. The molecule has 0 aliphatic carbocycles. The van der Waals surface area contributed by atoms with Gasteiger partial charge in [0, 0.05) is 13.1 Å². The van der Waals surface area contributed by atoms with E-state index in [2.05, 4.69) is 57.5 Å². The predicted molar refractivity (Wildman–Crippen MR) is 102 cm³/mol. The molecule has 3 aromatic rings. The number of aromatic nitrogens is 2. The van der Waals surface area contributed by atoms with Crippen LogP contribution < -0.4 is 4.90 Å². The van der Waals surface area contributed by atoms with Crippen molar-refractivity contribution in [3.63, 3.8) is 0 Å². The predicted octanol–water partition coefficient (Wildman–Crippen LogP) is 4.71. The maximum Gasteiger partial charge on any atom is 0.140 e. The molecule has 0 bridgehead atoms. The molecule has 4 rings (SSSR count). The highest BCUT2D eigenvalue weighted by Gasteiger charge is 2.22. The van der Waals surface area contributed by atoms with E-state index < -0.39 is 0 Å². The monoisotopic (exact) mass is 337 g/mol. The second-order valence-electron chi connectivity index (χ2n) is 6.67. The minimum atomic E-state index is 0.704. The molecular formula is C20H23N3S. The van der Waals surface area contributed by atoms with Crippen molar-refractivity contribution in [1.29, 1.82) is 0 Å². The molecule has 2 aromatic heterocycles. The topological polar surface area (TPSA) is 29.0 Å². The zero-order valence-corrected chi connectivity index (χ0v) is 14.9. The van der Waals surface area contributed by atoms with Crippen LogP contribution in [0, 0.1) is 5.92 Å². The van der Waals surface area contributed by atoms with Crippen molar-refractivity contribution in [2.24, 2.45) is 5.92 Å². The molecule has 4 heteroatoms. The van der Waals surface area contributed by atoms with Gasteiger partial charge in [-0.3, -0.25) is 0 Å². The van der Waals surface area contributed by atoms with Gasteiger partial charge in [-0.05, 0) is 54.2 Å². The lowest BCUT2D eigenvalue weighted by atomic mass is 9.91. The number of thiophene rings is 1. The first kappa shape index (κ1) is 15.6. The van der Waals surface area contributed by atoms with Crippen LogP contribution in [0.4, 0.5) is 5.82 Å². The van der Waals surface area contributed by atoms with Crippen molar-refractivity contribution in [3.05, 3.63) is 53.2 Å². The molecule has 0 spiro atoms. The van der Waals surface area contributed by atoms with E-state index in [0.29, 0.717) is 5.92 Å². The zero-order chi connectivity index (χ0) is 16.4. The van der Waals surface area contributed by atoms with Crippen LogP contribution in [0.25, 0.3) is 10.2 Å². The SMILES string of the molecule is CCc1ccc(CC2CCCN(c3ncnc4sccc34)C2)cc1. The van der Waals surface area contributed by atoms with Gasteiger partial charge in [0.05, 0.1) is 5.39 Å². The van der Waals surface area contributed by atoms with Gasteiger partial charge in [0.25, 0.3) is 0 Å². The van der Waals surface area contributed by atoms with Crippen LogP contribution in [0.1, 0.15) is 30.9 Å². The van der Waals surface area contributed by atoms with Crippen LogP contribution >= 0.6 is 11.3 Å². The summed E-state index contributed by atoms with van der Waals surface area (Å²) in [6.07, 6.45) is 6.54. The molecule has 0 N–H and O–H groups in total. The molecule has 1 aliphatic rings. The van der Waals surface area contributed by atoms with Crippen molar-refractivity contribution >= 4 is 27.4 Å². The molecule has 0 amide bonds. The van der Waals surface area contributed by atoms with E-state index in [-0.39, 0.29) is 0 Å². The summed E-state index contributed by atoms with van der Waals surface area (Å²) in [6, 6.07) is 11.3. The Hall–Kier alpha value is -1.94. The number of nitrogens with zero attached hydrogens (tertiary/aromatic N) is 3. The second kappa shape index (κ2) is 6.89. The van der Waals surface area contributed by atoms with Gasteiger partial charge in [-0.25, -0.2) is 9.97 Å². The number of rotatable bonds is 4. The van der Waals surface area contributed by atoms with Gasteiger partial charge in [-0.2, -0.15) is 0 Å². The average Bonchev–Trinajstić information content (AvgIpc) is 3.11. The molecule has 3 nitrogen and oxygen atoms in total. The highest BCUT2D eigenvalue weighted by Crippen LogP contribution is 2.30. The van der Waals surface area contributed by atoms with Gasteiger partial charge >= 0.3 is 0 Å². The average molecular weight is 337 g/mol. The first-order valence-electron chi connectivity index (χ1n) is 8.84. The third-order valence-corrected chi connectivity index (χ3v) is 5.84. The minimum Gasteiger partial charge on any atom is -0.356 e. The fourth-order valence-electron chi connectivity index (χ4n) is 3.70. The fourth-order valence-corrected chi connectivity index (χ4v) is 4.42. The van der Waals surface area contributed by atoms with Crippen LogP contribution in [-0.4, -0.2) is 23.1 Å². The van der Waals surface area contributed by atoms with Crippen molar-refractivity contribution in [2.75, 3.05) is 18.0 Å². The Kier molecular flexibility index (Phi) is 4.48. The number of aryl methyl sites for hydroxylation is 1.